The monoisotopic (exact) mass is 255 g/mol. The van der Waals surface area contributed by atoms with Crippen LogP contribution in [0.25, 0.3) is 0 Å². The molecule has 0 atom stereocenters. The number of phosphoric acid groups is 1. The molecule has 0 bridgehead atoms. The van der Waals surface area contributed by atoms with Gasteiger partial charge in [-0.25, -0.2) is 4.57 Å². The van der Waals surface area contributed by atoms with E-state index in [0.717, 1.165) is 0 Å². The first-order valence-electron chi connectivity index (χ1n) is 0.783. The fourth-order valence-corrected chi connectivity index (χ4v) is 0. The van der Waals surface area contributed by atoms with Crippen molar-refractivity contribution < 1.29 is 60.3 Å². The van der Waals surface area contributed by atoms with E-state index in [9.17, 15) is 0 Å². The topological polar surface area (TPSA) is 109 Å². The Morgan fingerprint density at radius 1 is 1.14 bits per heavy atom. The van der Waals surface area contributed by atoms with Crippen LogP contribution in [-0.4, -0.2) is 20.2 Å². The van der Waals surface area contributed by atoms with Gasteiger partial charge < -0.3 is 20.2 Å². The van der Waals surface area contributed by atoms with Crippen molar-refractivity contribution in [3.05, 3.63) is 0 Å². The van der Waals surface area contributed by atoms with Crippen molar-refractivity contribution in [2.45, 2.75) is 0 Å². The predicted molar refractivity (Wildman–Crippen MR) is 17.9 cm³/mol. The molecule has 0 aromatic carbocycles. The van der Waals surface area contributed by atoms with Gasteiger partial charge in [-0.2, -0.15) is 0 Å². The maximum absolute atomic E-state index is 8.88. The summed E-state index contributed by atoms with van der Waals surface area (Å²) in [5.74, 6) is 0. The Labute approximate surface area is 67.9 Å². The first-order valence-corrected chi connectivity index (χ1v) is 2.35. The summed E-state index contributed by atoms with van der Waals surface area (Å²) < 4.78 is 8.88. The summed E-state index contributed by atoms with van der Waals surface area (Å²) in [7, 11) is -4.64. The molecule has 0 aliphatic carbocycles. The van der Waals surface area contributed by atoms with Gasteiger partial charge in [0.05, 0.1) is 0 Å². The van der Waals surface area contributed by atoms with Gasteiger partial charge in [0.15, 0.2) is 0 Å². The molecule has 5 nitrogen and oxygen atoms in total. The van der Waals surface area contributed by atoms with Gasteiger partial charge in [-0.15, -0.1) is 0 Å². The molecule has 7 heteroatoms. The van der Waals surface area contributed by atoms with Crippen LogP contribution < -0.4 is 0 Å². The summed E-state index contributed by atoms with van der Waals surface area (Å²) >= 11 is 0. The standard InChI is InChI=1S/La.H3O4P.H2O/c;1-5(2,3)4;/h;(H3,1,2,3,4);1H2. The van der Waals surface area contributed by atoms with Crippen molar-refractivity contribution >= 4 is 7.82 Å². The van der Waals surface area contributed by atoms with Crippen LogP contribution in [0, 0.1) is 35.6 Å². The molecular weight excluding hydrogens is 250 g/mol. The van der Waals surface area contributed by atoms with Crippen LogP contribution >= 0.6 is 7.82 Å². The second-order valence-electron chi connectivity index (χ2n) is 0.513. The second-order valence-corrected chi connectivity index (χ2v) is 1.54. The van der Waals surface area contributed by atoms with Gasteiger partial charge in [-0.3, -0.25) is 0 Å². The van der Waals surface area contributed by atoms with Gasteiger partial charge in [0.2, 0.25) is 0 Å². The van der Waals surface area contributed by atoms with E-state index in [0.29, 0.717) is 0 Å². The third-order valence-corrected chi connectivity index (χ3v) is 0. The van der Waals surface area contributed by atoms with Crippen LogP contribution in [0.5, 0.6) is 0 Å². The minimum Gasteiger partial charge on any atom is -0.412 e. The predicted octanol–water partition coefficient (Wildman–Crippen LogP) is -1.75. The third-order valence-electron chi connectivity index (χ3n) is 0. The minimum atomic E-state index is -4.64. The summed E-state index contributed by atoms with van der Waals surface area (Å²) in [6.07, 6.45) is 0. The Hall–Kier alpha value is 1.26. The SMILES string of the molecule is O.O=P(O)(O)O.[La]. The third kappa shape index (κ3) is 126. The zero-order valence-electron chi connectivity index (χ0n) is 3.27. The molecule has 7 heavy (non-hydrogen) atoms. The summed E-state index contributed by atoms with van der Waals surface area (Å²) in [5.41, 5.74) is 0. The molecule has 0 aromatic heterocycles. The van der Waals surface area contributed by atoms with Crippen LogP contribution in [0.15, 0.2) is 0 Å². The van der Waals surface area contributed by atoms with E-state index in [1.807, 2.05) is 0 Å². The normalized spacial score (nSPS) is 8.43. The maximum Gasteiger partial charge on any atom is 0.466 e. The Morgan fingerprint density at radius 3 is 1.14 bits per heavy atom. The molecule has 43 valence electrons. The first-order chi connectivity index (χ1) is 2.00. The Kier molecular flexibility index (Phi) is 12.1. The quantitative estimate of drug-likeness (QED) is 0.445. The summed E-state index contributed by atoms with van der Waals surface area (Å²) in [6, 6.07) is 0. The summed E-state index contributed by atoms with van der Waals surface area (Å²) in [6.45, 7) is 0. The van der Waals surface area contributed by atoms with Gasteiger partial charge in [-0.1, -0.05) is 0 Å². The summed E-state index contributed by atoms with van der Waals surface area (Å²) in [5, 5.41) is 0. The maximum atomic E-state index is 8.88. The zero-order chi connectivity index (χ0) is 4.50. The molecule has 0 aliphatic rings. The average Bonchev–Trinajstić information content (AvgIpc) is 0.722. The van der Waals surface area contributed by atoms with E-state index in [4.69, 9.17) is 19.2 Å². The Morgan fingerprint density at radius 2 is 1.14 bits per heavy atom. The molecule has 0 saturated heterocycles. The van der Waals surface area contributed by atoms with Gasteiger partial charge in [0, 0.05) is 35.6 Å². The zero-order valence-corrected chi connectivity index (χ0v) is 7.79. The number of rotatable bonds is 0. The molecular formula is H5LaO5P. The van der Waals surface area contributed by atoms with Gasteiger partial charge in [-0.05, 0) is 0 Å². The van der Waals surface area contributed by atoms with E-state index >= 15 is 0 Å². The molecule has 0 aromatic rings. The van der Waals surface area contributed by atoms with Crippen molar-refractivity contribution in [1.82, 2.24) is 0 Å². The van der Waals surface area contributed by atoms with Crippen LogP contribution in [0.3, 0.4) is 0 Å². The Bertz CT molecular complexity index is 54.2. The van der Waals surface area contributed by atoms with Crippen LogP contribution in [0.2, 0.25) is 0 Å². The molecule has 0 heterocycles. The molecule has 0 fully saturated rings. The second kappa shape index (κ2) is 5.40. The van der Waals surface area contributed by atoms with E-state index in [2.05, 4.69) is 0 Å². The Balaban J connectivity index is -0.0000000800. The van der Waals surface area contributed by atoms with Crippen LogP contribution in [-0.2, 0) is 4.57 Å². The van der Waals surface area contributed by atoms with Crippen molar-refractivity contribution in [1.29, 1.82) is 0 Å². The van der Waals surface area contributed by atoms with Gasteiger partial charge in [0.25, 0.3) is 0 Å². The van der Waals surface area contributed by atoms with Crippen LogP contribution in [0.1, 0.15) is 0 Å². The number of hydrogen-bond acceptors (Lipinski definition) is 1. The van der Waals surface area contributed by atoms with Crippen molar-refractivity contribution in [2.75, 3.05) is 0 Å². The molecule has 0 aliphatic heterocycles. The van der Waals surface area contributed by atoms with E-state index < -0.39 is 7.82 Å². The molecule has 0 amide bonds. The minimum absolute atomic E-state index is 0. The van der Waals surface area contributed by atoms with Crippen LogP contribution in [0.4, 0.5) is 0 Å². The largest absolute Gasteiger partial charge is 0.466 e. The molecule has 0 saturated carbocycles. The molecule has 1 radical (unpaired) electrons. The number of hydrogen-bond donors (Lipinski definition) is 3. The fourth-order valence-electron chi connectivity index (χ4n) is 0. The molecule has 0 unspecified atom stereocenters. The summed E-state index contributed by atoms with van der Waals surface area (Å²) in [4.78, 5) is 21.6. The van der Waals surface area contributed by atoms with E-state index in [-0.39, 0.29) is 41.1 Å². The molecule has 0 rings (SSSR count). The molecule has 5 N–H and O–H groups in total. The first kappa shape index (κ1) is 15.7. The van der Waals surface area contributed by atoms with Crippen molar-refractivity contribution in [2.24, 2.45) is 0 Å². The fraction of sp³-hybridized carbons (Fsp3) is 0. The average molecular weight is 255 g/mol. The van der Waals surface area contributed by atoms with E-state index in [1.54, 1.807) is 0 Å². The van der Waals surface area contributed by atoms with Gasteiger partial charge >= 0.3 is 7.82 Å². The smallest absolute Gasteiger partial charge is 0.412 e. The van der Waals surface area contributed by atoms with E-state index in [1.165, 1.54) is 0 Å². The van der Waals surface area contributed by atoms with Crippen molar-refractivity contribution in [3.8, 4) is 0 Å². The van der Waals surface area contributed by atoms with Gasteiger partial charge in [0.1, 0.15) is 0 Å². The van der Waals surface area contributed by atoms with Crippen molar-refractivity contribution in [3.63, 3.8) is 0 Å². The molecule has 0 spiro atoms.